The molecule has 0 unspecified atom stereocenters. The monoisotopic (exact) mass is 498 g/mol. The van der Waals surface area contributed by atoms with Gasteiger partial charge in [-0.05, 0) is 24.3 Å². The third-order valence-corrected chi connectivity index (χ3v) is 8.28. The summed E-state index contributed by atoms with van der Waals surface area (Å²) >= 11 is 0. The maximum Gasteiger partial charge on any atom is 0.262 e. The van der Waals surface area contributed by atoms with Gasteiger partial charge in [0.05, 0.1) is 0 Å². The van der Waals surface area contributed by atoms with E-state index in [4.69, 9.17) is 0 Å². The zero-order valence-electron chi connectivity index (χ0n) is 17.4. The molecule has 3 aromatic rings. The highest BCUT2D eigenvalue weighted by molar-refractivity contribution is 7.93. The Morgan fingerprint density at radius 1 is 1.06 bits per heavy atom. The van der Waals surface area contributed by atoms with Gasteiger partial charge in [-0.25, -0.2) is 30.6 Å². The normalized spacial score (nSPS) is 17.2. The number of alkyl halides is 2. The number of hydrogen-bond donors (Lipinski definition) is 1. The number of aromatic nitrogens is 2. The number of fused-ring (bicyclic) bond motifs is 1. The van der Waals surface area contributed by atoms with Crippen LogP contribution in [0.1, 0.15) is 23.2 Å². The van der Waals surface area contributed by atoms with Gasteiger partial charge in [-0.15, -0.1) is 0 Å². The van der Waals surface area contributed by atoms with E-state index in [-0.39, 0.29) is 11.2 Å². The lowest BCUT2D eigenvalue weighted by Crippen LogP contribution is -2.43. The second-order valence-electron chi connectivity index (χ2n) is 7.72. The van der Waals surface area contributed by atoms with Crippen molar-refractivity contribution in [3.63, 3.8) is 0 Å². The lowest BCUT2D eigenvalue weighted by Gasteiger charge is -2.30. The number of anilines is 1. The van der Waals surface area contributed by atoms with Crippen molar-refractivity contribution in [1.29, 1.82) is 0 Å². The quantitative estimate of drug-likeness (QED) is 0.577. The Balaban J connectivity index is 1.77. The fourth-order valence-corrected chi connectivity index (χ4v) is 6.54. The fraction of sp³-hybridized carbons (Fsp3) is 0.300. The van der Waals surface area contributed by atoms with Crippen molar-refractivity contribution in [3.05, 3.63) is 54.2 Å². The Morgan fingerprint density at radius 3 is 2.30 bits per heavy atom. The molecule has 1 aliphatic heterocycles. The predicted molar refractivity (Wildman–Crippen MR) is 116 cm³/mol. The first-order chi connectivity index (χ1) is 15.4. The van der Waals surface area contributed by atoms with E-state index >= 15 is 0 Å². The first kappa shape index (κ1) is 23.3. The molecule has 0 radical (unpaired) electrons. The molecule has 0 spiro atoms. The van der Waals surface area contributed by atoms with Crippen LogP contribution in [0.25, 0.3) is 5.65 Å². The largest absolute Gasteiger partial charge is 0.322 e. The van der Waals surface area contributed by atoms with Crippen LogP contribution in [-0.4, -0.2) is 61.7 Å². The number of pyridine rings is 1. The van der Waals surface area contributed by atoms with Gasteiger partial charge in [-0.3, -0.25) is 9.20 Å². The molecule has 176 valence electrons. The van der Waals surface area contributed by atoms with Crippen LogP contribution in [0.4, 0.5) is 14.5 Å². The van der Waals surface area contributed by atoms with Crippen LogP contribution in [-0.2, 0) is 19.9 Å². The van der Waals surface area contributed by atoms with Gasteiger partial charge in [-0.1, -0.05) is 18.2 Å². The molecule has 0 atom stereocenters. The summed E-state index contributed by atoms with van der Waals surface area (Å²) in [7, 11) is -8.58. The number of para-hydroxylation sites is 1. The summed E-state index contributed by atoms with van der Waals surface area (Å²) in [5, 5.41) is 1.33. The second-order valence-corrected chi connectivity index (χ2v) is 11.5. The van der Waals surface area contributed by atoms with Crippen molar-refractivity contribution in [2.75, 3.05) is 24.7 Å². The van der Waals surface area contributed by atoms with Crippen LogP contribution < -0.4 is 5.32 Å². The number of halogens is 2. The minimum absolute atomic E-state index is 0.0861. The van der Waals surface area contributed by atoms with E-state index < -0.39 is 67.7 Å². The summed E-state index contributed by atoms with van der Waals surface area (Å²) < 4.78 is 80.2. The molecule has 13 heteroatoms. The Morgan fingerprint density at radius 2 is 1.70 bits per heavy atom. The molecule has 1 fully saturated rings. The van der Waals surface area contributed by atoms with Gasteiger partial charge in [0, 0.05) is 49.6 Å². The Bertz CT molecular complexity index is 1430. The molecule has 3 heterocycles. The Labute approximate surface area is 189 Å². The summed E-state index contributed by atoms with van der Waals surface area (Å²) in [5.74, 6) is -3.48. The zero-order chi connectivity index (χ0) is 24.0. The number of hydrogen-bond acceptors (Lipinski definition) is 6. The number of nitrogens with zero attached hydrogens (tertiary/aromatic N) is 3. The smallest absolute Gasteiger partial charge is 0.262 e. The van der Waals surface area contributed by atoms with Crippen molar-refractivity contribution in [2.24, 2.45) is 0 Å². The summed E-state index contributed by atoms with van der Waals surface area (Å²) in [5.41, 5.74) is 0.572. The molecule has 1 aromatic carbocycles. The molecule has 1 amide bonds. The summed E-state index contributed by atoms with van der Waals surface area (Å²) in [6, 6.07) is 11.2. The number of rotatable bonds is 5. The SMILES string of the molecule is CS(=O)(=O)c1nc2cc(C(=O)Nc3ccccc3)ccn2c1S(=O)(=O)N1CCC(F)(F)CC1. The summed E-state index contributed by atoms with van der Waals surface area (Å²) in [6.45, 7) is -0.910. The molecule has 0 aliphatic carbocycles. The van der Waals surface area contributed by atoms with Gasteiger partial charge in [0.25, 0.3) is 21.9 Å². The lowest BCUT2D eigenvalue weighted by molar-refractivity contribution is -0.0412. The molecule has 0 saturated carbocycles. The molecule has 2 aromatic heterocycles. The van der Waals surface area contributed by atoms with E-state index in [9.17, 15) is 30.4 Å². The van der Waals surface area contributed by atoms with E-state index in [1.165, 1.54) is 18.3 Å². The number of amides is 1. The molecule has 33 heavy (non-hydrogen) atoms. The zero-order valence-corrected chi connectivity index (χ0v) is 19.0. The van der Waals surface area contributed by atoms with Crippen LogP contribution in [0.2, 0.25) is 0 Å². The predicted octanol–water partition coefficient (Wildman–Crippen LogP) is 2.41. The number of carbonyl (C=O) groups excluding carboxylic acids is 1. The molecular weight excluding hydrogens is 478 g/mol. The topological polar surface area (TPSA) is 118 Å². The highest BCUT2D eigenvalue weighted by atomic mass is 32.2. The third kappa shape index (κ3) is 4.61. The van der Waals surface area contributed by atoms with Crippen LogP contribution >= 0.6 is 0 Å². The van der Waals surface area contributed by atoms with Gasteiger partial charge in [0.15, 0.2) is 19.9 Å². The van der Waals surface area contributed by atoms with Crippen LogP contribution in [0.5, 0.6) is 0 Å². The van der Waals surface area contributed by atoms with Crippen molar-refractivity contribution >= 4 is 37.1 Å². The van der Waals surface area contributed by atoms with E-state index in [1.807, 2.05) is 0 Å². The van der Waals surface area contributed by atoms with Crippen molar-refractivity contribution in [3.8, 4) is 0 Å². The number of nitrogens with one attached hydrogen (secondary N) is 1. The minimum atomic E-state index is -4.47. The number of carbonyl (C=O) groups is 1. The van der Waals surface area contributed by atoms with E-state index in [2.05, 4.69) is 10.3 Å². The molecule has 4 rings (SSSR count). The number of imidazole rings is 1. The Hall–Kier alpha value is -2.90. The van der Waals surface area contributed by atoms with E-state index in [0.717, 1.165) is 15.0 Å². The minimum Gasteiger partial charge on any atom is -0.322 e. The summed E-state index contributed by atoms with van der Waals surface area (Å²) in [4.78, 5) is 16.6. The van der Waals surface area contributed by atoms with E-state index in [0.29, 0.717) is 5.69 Å². The molecule has 0 bridgehead atoms. The Kier molecular flexibility index (Phi) is 5.75. The van der Waals surface area contributed by atoms with E-state index in [1.54, 1.807) is 30.3 Å². The van der Waals surface area contributed by atoms with Crippen molar-refractivity contribution in [2.45, 2.75) is 28.8 Å². The molecular formula is C20H20F2N4O5S2. The standard InChI is InChI=1S/C20H20F2N4O5S2/c1-32(28,29)18-19(33(30,31)25-11-8-20(21,22)9-12-25)26-10-7-14(13-16(26)24-18)17(27)23-15-5-3-2-4-6-15/h2-7,10,13H,8-9,11-12H2,1H3,(H,23,27). The number of sulfone groups is 1. The molecule has 1 N–H and O–H groups in total. The average molecular weight is 499 g/mol. The maximum absolute atomic E-state index is 13.5. The van der Waals surface area contributed by atoms with Gasteiger partial charge < -0.3 is 5.32 Å². The van der Waals surface area contributed by atoms with Crippen molar-refractivity contribution < 1.29 is 30.4 Å². The number of benzene rings is 1. The van der Waals surface area contributed by atoms with Crippen LogP contribution in [0, 0.1) is 0 Å². The lowest BCUT2D eigenvalue weighted by atomic mass is 10.1. The highest BCUT2D eigenvalue weighted by Crippen LogP contribution is 2.33. The first-order valence-electron chi connectivity index (χ1n) is 9.85. The van der Waals surface area contributed by atoms with Crippen LogP contribution in [0.3, 0.4) is 0 Å². The van der Waals surface area contributed by atoms with Gasteiger partial charge >= 0.3 is 0 Å². The molecule has 9 nitrogen and oxygen atoms in total. The average Bonchev–Trinajstić information content (AvgIpc) is 3.14. The maximum atomic E-state index is 13.5. The first-order valence-corrected chi connectivity index (χ1v) is 13.2. The van der Waals surface area contributed by atoms with Crippen molar-refractivity contribution in [1.82, 2.24) is 13.7 Å². The molecule has 1 aliphatic rings. The van der Waals surface area contributed by atoms with Gasteiger partial charge in [0.2, 0.25) is 0 Å². The fourth-order valence-electron chi connectivity index (χ4n) is 3.52. The molecule has 1 saturated heterocycles. The number of piperidine rings is 1. The van der Waals surface area contributed by atoms with Gasteiger partial charge in [0.1, 0.15) is 5.65 Å². The highest BCUT2D eigenvalue weighted by Gasteiger charge is 2.41. The van der Waals surface area contributed by atoms with Crippen LogP contribution in [0.15, 0.2) is 58.7 Å². The number of sulfonamides is 1. The third-order valence-electron chi connectivity index (χ3n) is 5.24. The second kappa shape index (κ2) is 8.15. The van der Waals surface area contributed by atoms with Gasteiger partial charge in [-0.2, -0.15) is 4.31 Å². The summed E-state index contributed by atoms with van der Waals surface area (Å²) in [6.07, 6.45) is 0.700.